The minimum Gasteiger partial charge on any atom is -0.357 e. The third-order valence-corrected chi connectivity index (χ3v) is 5.24. The molecule has 0 aliphatic carbocycles. The molecule has 150 valence electrons. The van der Waals surface area contributed by atoms with E-state index in [2.05, 4.69) is 35.1 Å². The number of aromatic nitrogens is 5. The minimum absolute atomic E-state index is 0.210. The van der Waals surface area contributed by atoms with Gasteiger partial charge in [-0.15, -0.1) is 0 Å². The molecule has 4 heterocycles. The first kappa shape index (κ1) is 18.5. The number of H-pyrrole nitrogens is 1. The van der Waals surface area contributed by atoms with Crippen molar-refractivity contribution in [3.8, 4) is 11.5 Å². The Hall–Kier alpha value is -3.52. The lowest BCUT2D eigenvalue weighted by Crippen LogP contribution is -2.19. The Bertz CT molecular complexity index is 1200. The second-order valence-corrected chi connectivity index (χ2v) is 7.48. The zero-order valence-corrected chi connectivity index (χ0v) is 16.7. The largest absolute Gasteiger partial charge is 0.357 e. The molecule has 0 saturated carbocycles. The number of halogens is 1. The van der Waals surface area contributed by atoms with E-state index in [1.54, 1.807) is 12.4 Å². The van der Waals surface area contributed by atoms with Crippen molar-refractivity contribution in [3.05, 3.63) is 59.6 Å². The molecular weight excluding hydrogens is 402 g/mol. The summed E-state index contributed by atoms with van der Waals surface area (Å²) in [6.07, 6.45) is 7.02. The maximum Gasteiger partial charge on any atom is 0.257 e. The van der Waals surface area contributed by atoms with Crippen LogP contribution in [0.4, 0.5) is 11.5 Å². The number of carbonyl (C=O) groups excluding carboxylic acids is 1. The second kappa shape index (κ2) is 7.72. The first-order valence-corrected chi connectivity index (χ1v) is 10.0. The average molecular weight is 420 g/mol. The number of nitrogens with one attached hydrogen (secondary N) is 2. The van der Waals surface area contributed by atoms with Crippen LogP contribution in [0.25, 0.3) is 22.6 Å². The number of nitrogens with zero attached hydrogens (tertiary/aromatic N) is 5. The van der Waals surface area contributed by atoms with Crippen LogP contribution in [-0.4, -0.2) is 43.9 Å². The van der Waals surface area contributed by atoms with Crippen LogP contribution >= 0.6 is 11.6 Å². The van der Waals surface area contributed by atoms with Gasteiger partial charge < -0.3 is 15.2 Å². The third kappa shape index (κ3) is 3.69. The molecule has 1 aliphatic rings. The molecule has 8 nitrogen and oxygen atoms in total. The van der Waals surface area contributed by atoms with Crippen LogP contribution in [0, 0.1) is 0 Å². The molecule has 1 saturated heterocycles. The molecule has 0 bridgehead atoms. The summed E-state index contributed by atoms with van der Waals surface area (Å²) in [5, 5.41) is 3.23. The Morgan fingerprint density at radius 2 is 1.90 bits per heavy atom. The fourth-order valence-electron chi connectivity index (χ4n) is 3.50. The van der Waals surface area contributed by atoms with Gasteiger partial charge in [0, 0.05) is 25.0 Å². The summed E-state index contributed by atoms with van der Waals surface area (Å²) in [4.78, 5) is 35.2. The van der Waals surface area contributed by atoms with Crippen molar-refractivity contribution in [2.24, 2.45) is 0 Å². The number of pyridine rings is 1. The number of carbonyl (C=O) groups is 1. The molecular formula is C21H18ClN7O. The quantitative estimate of drug-likeness (QED) is 0.520. The van der Waals surface area contributed by atoms with E-state index in [1.807, 2.05) is 30.3 Å². The molecule has 0 radical (unpaired) electrons. The van der Waals surface area contributed by atoms with Gasteiger partial charge in [-0.2, -0.15) is 0 Å². The molecule has 1 aliphatic heterocycles. The van der Waals surface area contributed by atoms with Crippen LogP contribution in [0.5, 0.6) is 0 Å². The van der Waals surface area contributed by atoms with E-state index in [0.717, 1.165) is 29.9 Å². The predicted octanol–water partition coefficient (Wildman–Crippen LogP) is 3.92. The Morgan fingerprint density at radius 1 is 1.03 bits per heavy atom. The van der Waals surface area contributed by atoms with Gasteiger partial charge in [-0.3, -0.25) is 4.79 Å². The summed E-state index contributed by atoms with van der Waals surface area (Å²) >= 11 is 5.79. The van der Waals surface area contributed by atoms with Crippen LogP contribution in [0.3, 0.4) is 0 Å². The van der Waals surface area contributed by atoms with E-state index in [0.29, 0.717) is 27.9 Å². The number of hydrogen-bond donors (Lipinski definition) is 2. The molecule has 5 rings (SSSR count). The second-order valence-electron chi connectivity index (χ2n) is 7.10. The van der Waals surface area contributed by atoms with Gasteiger partial charge in [0.2, 0.25) is 0 Å². The monoisotopic (exact) mass is 419 g/mol. The van der Waals surface area contributed by atoms with Gasteiger partial charge in [0.05, 0.1) is 29.0 Å². The fraction of sp³-hybridized carbons (Fsp3) is 0.190. The van der Waals surface area contributed by atoms with E-state index in [9.17, 15) is 4.79 Å². The van der Waals surface area contributed by atoms with Gasteiger partial charge >= 0.3 is 0 Å². The Balaban J connectivity index is 1.33. The maximum absolute atomic E-state index is 12.6. The lowest BCUT2D eigenvalue weighted by atomic mass is 10.2. The molecule has 4 aromatic rings. The molecule has 0 atom stereocenters. The summed E-state index contributed by atoms with van der Waals surface area (Å²) in [5.74, 6) is 1.29. The van der Waals surface area contributed by atoms with Gasteiger partial charge in [0.25, 0.3) is 5.91 Å². The molecule has 1 aromatic carbocycles. The van der Waals surface area contributed by atoms with E-state index < -0.39 is 0 Å². The smallest absolute Gasteiger partial charge is 0.257 e. The van der Waals surface area contributed by atoms with Gasteiger partial charge in [-0.05, 0) is 43.2 Å². The minimum atomic E-state index is -0.210. The zero-order valence-electron chi connectivity index (χ0n) is 16.0. The van der Waals surface area contributed by atoms with Crippen molar-refractivity contribution in [2.75, 3.05) is 23.3 Å². The molecule has 2 N–H and O–H groups in total. The van der Waals surface area contributed by atoms with Gasteiger partial charge in [0.1, 0.15) is 16.7 Å². The molecule has 30 heavy (non-hydrogen) atoms. The molecule has 1 amide bonds. The lowest BCUT2D eigenvalue weighted by Gasteiger charge is -2.16. The molecule has 3 aromatic heterocycles. The topological polar surface area (TPSA) is 99.7 Å². The van der Waals surface area contributed by atoms with E-state index in [1.165, 1.54) is 19.0 Å². The van der Waals surface area contributed by atoms with E-state index in [4.69, 9.17) is 11.6 Å². The summed E-state index contributed by atoms with van der Waals surface area (Å²) in [5.41, 5.74) is 3.30. The van der Waals surface area contributed by atoms with Crippen LogP contribution in [0.1, 0.15) is 23.2 Å². The number of aromatic amines is 1. The fourth-order valence-corrected chi connectivity index (χ4v) is 3.60. The van der Waals surface area contributed by atoms with Crippen molar-refractivity contribution < 1.29 is 4.79 Å². The number of anilines is 2. The van der Waals surface area contributed by atoms with Crippen molar-refractivity contribution >= 4 is 40.0 Å². The molecule has 9 heteroatoms. The molecule has 1 fully saturated rings. The van der Waals surface area contributed by atoms with Crippen molar-refractivity contribution in [3.63, 3.8) is 0 Å². The number of rotatable bonds is 4. The van der Waals surface area contributed by atoms with Crippen LogP contribution in [0.15, 0.2) is 48.9 Å². The predicted molar refractivity (Wildman–Crippen MR) is 116 cm³/mol. The van der Waals surface area contributed by atoms with E-state index >= 15 is 0 Å². The van der Waals surface area contributed by atoms with Crippen molar-refractivity contribution in [1.29, 1.82) is 0 Å². The zero-order chi connectivity index (χ0) is 20.5. The van der Waals surface area contributed by atoms with E-state index in [-0.39, 0.29) is 5.91 Å². The first-order valence-electron chi connectivity index (χ1n) is 9.66. The summed E-state index contributed by atoms with van der Waals surface area (Å²) in [7, 11) is 0. The third-order valence-electron chi connectivity index (χ3n) is 5.04. The molecule has 0 spiro atoms. The molecule has 0 unspecified atom stereocenters. The highest BCUT2D eigenvalue weighted by Crippen LogP contribution is 2.23. The first-order chi connectivity index (χ1) is 14.7. The average Bonchev–Trinajstić information content (AvgIpc) is 3.44. The highest BCUT2D eigenvalue weighted by molar-refractivity contribution is 6.29. The number of fused-ring (bicyclic) bond motifs is 1. The normalized spacial score (nSPS) is 13.7. The number of hydrogen-bond acceptors (Lipinski definition) is 6. The maximum atomic E-state index is 12.6. The van der Waals surface area contributed by atoms with Crippen LogP contribution < -0.4 is 10.2 Å². The van der Waals surface area contributed by atoms with Gasteiger partial charge in [-0.25, -0.2) is 19.9 Å². The SMILES string of the molecule is O=C(Nc1ccc2nc(-c3cnc(Cl)cn3)[nH]c2c1)c1ccc(N2CCCC2)nc1. The van der Waals surface area contributed by atoms with Gasteiger partial charge in [-0.1, -0.05) is 11.6 Å². The summed E-state index contributed by atoms with van der Waals surface area (Å²) in [6, 6.07) is 9.19. The highest BCUT2D eigenvalue weighted by atomic mass is 35.5. The highest BCUT2D eigenvalue weighted by Gasteiger charge is 2.15. The number of benzene rings is 1. The Kier molecular flexibility index (Phi) is 4.76. The standard InChI is InChI=1S/C21H18ClN7O/c22-18-12-23-17(11-24-18)20-27-15-5-4-14(9-16(15)28-20)26-21(30)13-3-6-19(25-10-13)29-7-1-2-8-29/h3-6,9-12H,1-2,7-8H2,(H,26,30)(H,27,28). The van der Waals surface area contributed by atoms with Crippen molar-refractivity contribution in [2.45, 2.75) is 12.8 Å². The lowest BCUT2D eigenvalue weighted by molar-refractivity contribution is 0.102. The Morgan fingerprint density at radius 3 is 2.63 bits per heavy atom. The van der Waals surface area contributed by atoms with Gasteiger partial charge in [0.15, 0.2) is 5.82 Å². The number of imidazole rings is 1. The summed E-state index contributed by atoms with van der Waals surface area (Å²) in [6.45, 7) is 2.04. The van der Waals surface area contributed by atoms with Crippen LogP contribution in [-0.2, 0) is 0 Å². The Labute approximate surface area is 177 Å². The summed E-state index contributed by atoms with van der Waals surface area (Å²) < 4.78 is 0. The number of amides is 1. The van der Waals surface area contributed by atoms with Crippen molar-refractivity contribution in [1.82, 2.24) is 24.9 Å². The van der Waals surface area contributed by atoms with Crippen LogP contribution in [0.2, 0.25) is 5.15 Å².